The van der Waals surface area contributed by atoms with E-state index in [2.05, 4.69) is 13.8 Å². The fraction of sp³-hybridized carbons (Fsp3) is 0.562. The van der Waals surface area contributed by atoms with E-state index in [4.69, 9.17) is 9.47 Å². The molecule has 1 fully saturated rings. The van der Waals surface area contributed by atoms with Crippen molar-refractivity contribution in [2.24, 2.45) is 11.8 Å². The first-order chi connectivity index (χ1) is 9.15. The van der Waals surface area contributed by atoms with Crippen LogP contribution in [0.4, 0.5) is 0 Å². The number of epoxide rings is 1. The summed E-state index contributed by atoms with van der Waals surface area (Å²) < 4.78 is 10.7. The maximum Gasteiger partial charge on any atom is 0.306 e. The van der Waals surface area contributed by atoms with Crippen LogP contribution in [0.2, 0.25) is 0 Å². The van der Waals surface area contributed by atoms with Gasteiger partial charge in [0.1, 0.15) is 6.61 Å². The average Bonchev–Trinajstić information content (AvgIpc) is 3.20. The van der Waals surface area contributed by atoms with E-state index in [1.165, 1.54) is 0 Å². The minimum Gasteiger partial charge on any atom is -0.461 e. The molecule has 0 saturated carbocycles. The molecule has 0 aromatic heterocycles. The fourth-order valence-corrected chi connectivity index (χ4v) is 2.31. The van der Waals surface area contributed by atoms with Crippen molar-refractivity contribution in [2.45, 2.75) is 39.4 Å². The lowest BCUT2D eigenvalue weighted by atomic mass is 9.91. The highest BCUT2D eigenvalue weighted by atomic mass is 16.6. The fourth-order valence-electron chi connectivity index (χ4n) is 2.31. The van der Waals surface area contributed by atoms with E-state index in [-0.39, 0.29) is 12.1 Å². The van der Waals surface area contributed by atoms with E-state index in [1.807, 2.05) is 30.3 Å². The molecule has 1 unspecified atom stereocenters. The Balaban J connectivity index is 1.76. The number of rotatable bonds is 7. The van der Waals surface area contributed by atoms with Crippen molar-refractivity contribution in [3.63, 3.8) is 0 Å². The maximum absolute atomic E-state index is 11.9. The molecule has 0 bridgehead atoms. The minimum absolute atomic E-state index is 0.120. The number of hydrogen-bond acceptors (Lipinski definition) is 3. The van der Waals surface area contributed by atoms with Crippen LogP contribution >= 0.6 is 0 Å². The summed E-state index contributed by atoms with van der Waals surface area (Å²) in [6.07, 6.45) is 1.76. The Kier molecular flexibility index (Phi) is 4.97. The number of benzene rings is 1. The van der Waals surface area contributed by atoms with Gasteiger partial charge in [-0.3, -0.25) is 4.79 Å². The summed E-state index contributed by atoms with van der Waals surface area (Å²) in [5.41, 5.74) is 1.03. The van der Waals surface area contributed by atoms with Crippen molar-refractivity contribution in [1.29, 1.82) is 0 Å². The highest BCUT2D eigenvalue weighted by Crippen LogP contribution is 2.29. The van der Waals surface area contributed by atoms with Crippen LogP contribution in [0.25, 0.3) is 0 Å². The van der Waals surface area contributed by atoms with Crippen LogP contribution in [0.5, 0.6) is 0 Å². The summed E-state index contributed by atoms with van der Waals surface area (Å²) in [5, 5.41) is 0. The summed E-state index contributed by atoms with van der Waals surface area (Å²) in [4.78, 5) is 11.9. The van der Waals surface area contributed by atoms with Crippen LogP contribution in [0.1, 0.15) is 32.3 Å². The molecule has 1 saturated heterocycles. The molecule has 3 nitrogen and oxygen atoms in total. The van der Waals surface area contributed by atoms with Gasteiger partial charge in [0.2, 0.25) is 0 Å². The van der Waals surface area contributed by atoms with E-state index < -0.39 is 0 Å². The van der Waals surface area contributed by atoms with E-state index in [1.54, 1.807) is 0 Å². The van der Waals surface area contributed by atoms with Gasteiger partial charge < -0.3 is 9.47 Å². The monoisotopic (exact) mass is 262 g/mol. The molecular weight excluding hydrogens is 240 g/mol. The Morgan fingerprint density at radius 1 is 1.37 bits per heavy atom. The predicted molar refractivity (Wildman–Crippen MR) is 73.5 cm³/mol. The van der Waals surface area contributed by atoms with E-state index in [0.717, 1.165) is 18.6 Å². The van der Waals surface area contributed by atoms with Crippen molar-refractivity contribution in [3.05, 3.63) is 35.9 Å². The first kappa shape index (κ1) is 14.1. The van der Waals surface area contributed by atoms with Crippen molar-refractivity contribution < 1.29 is 14.3 Å². The third kappa shape index (κ3) is 5.03. The molecule has 1 aromatic carbocycles. The average molecular weight is 262 g/mol. The second-order valence-electron chi connectivity index (χ2n) is 5.61. The molecule has 1 aromatic rings. The molecule has 0 radical (unpaired) electrons. The Labute approximate surface area is 114 Å². The van der Waals surface area contributed by atoms with Crippen molar-refractivity contribution in [3.8, 4) is 0 Å². The molecule has 1 heterocycles. The van der Waals surface area contributed by atoms with Gasteiger partial charge >= 0.3 is 5.97 Å². The van der Waals surface area contributed by atoms with Gasteiger partial charge in [-0.15, -0.1) is 0 Å². The normalized spacial score (nSPS) is 19.2. The van der Waals surface area contributed by atoms with Crippen molar-refractivity contribution >= 4 is 5.97 Å². The molecule has 19 heavy (non-hydrogen) atoms. The number of esters is 1. The summed E-state index contributed by atoms with van der Waals surface area (Å²) in [7, 11) is 0. The SMILES string of the molecule is CC(C)C[C@H](CC(=O)OCc1ccccc1)C1CO1. The van der Waals surface area contributed by atoms with Crippen LogP contribution in [0, 0.1) is 11.8 Å². The van der Waals surface area contributed by atoms with Gasteiger partial charge in [-0.05, 0) is 23.8 Å². The van der Waals surface area contributed by atoms with Crippen LogP contribution in [0.15, 0.2) is 30.3 Å². The van der Waals surface area contributed by atoms with Crippen LogP contribution in [-0.2, 0) is 20.9 Å². The standard InChI is InChI=1S/C16H22O3/c1-12(2)8-14(15-11-18-15)9-16(17)19-10-13-6-4-3-5-7-13/h3-7,12,14-15H,8-11H2,1-2H3/t14-,15?/m1/s1. The van der Waals surface area contributed by atoms with Crippen LogP contribution in [-0.4, -0.2) is 18.7 Å². The molecule has 0 amide bonds. The molecule has 0 N–H and O–H groups in total. The van der Waals surface area contributed by atoms with Gasteiger partial charge in [0, 0.05) is 0 Å². The number of carbonyl (C=O) groups is 1. The predicted octanol–water partition coefficient (Wildman–Crippen LogP) is 3.18. The topological polar surface area (TPSA) is 38.8 Å². The van der Waals surface area contributed by atoms with Gasteiger partial charge in [0.25, 0.3) is 0 Å². The van der Waals surface area contributed by atoms with Gasteiger partial charge in [-0.1, -0.05) is 44.2 Å². The zero-order chi connectivity index (χ0) is 13.7. The first-order valence-corrected chi connectivity index (χ1v) is 6.96. The second-order valence-corrected chi connectivity index (χ2v) is 5.61. The number of hydrogen-bond donors (Lipinski definition) is 0. The van der Waals surface area contributed by atoms with Crippen LogP contribution in [0.3, 0.4) is 0 Å². The van der Waals surface area contributed by atoms with Crippen LogP contribution < -0.4 is 0 Å². The molecular formula is C16H22O3. The molecule has 2 rings (SSSR count). The van der Waals surface area contributed by atoms with Gasteiger partial charge in [0.05, 0.1) is 19.1 Å². The Morgan fingerprint density at radius 3 is 2.63 bits per heavy atom. The third-order valence-corrected chi connectivity index (χ3v) is 3.33. The summed E-state index contributed by atoms with van der Waals surface area (Å²) >= 11 is 0. The van der Waals surface area contributed by atoms with Crippen molar-refractivity contribution in [1.82, 2.24) is 0 Å². The Morgan fingerprint density at radius 2 is 2.05 bits per heavy atom. The van der Waals surface area contributed by atoms with Gasteiger partial charge in [0.15, 0.2) is 0 Å². The first-order valence-electron chi connectivity index (χ1n) is 6.96. The van der Waals surface area contributed by atoms with Crippen molar-refractivity contribution in [2.75, 3.05) is 6.61 Å². The molecule has 1 aliphatic heterocycles. The summed E-state index contributed by atoms with van der Waals surface area (Å²) in [5.74, 6) is 0.768. The summed E-state index contributed by atoms with van der Waals surface area (Å²) in [6, 6.07) is 9.77. The largest absolute Gasteiger partial charge is 0.461 e. The molecule has 0 aliphatic carbocycles. The molecule has 0 spiro atoms. The molecule has 104 valence electrons. The quantitative estimate of drug-likeness (QED) is 0.559. The van der Waals surface area contributed by atoms with E-state index in [0.29, 0.717) is 24.9 Å². The third-order valence-electron chi connectivity index (χ3n) is 3.33. The number of carbonyl (C=O) groups excluding carboxylic acids is 1. The highest BCUT2D eigenvalue weighted by molar-refractivity contribution is 5.69. The highest BCUT2D eigenvalue weighted by Gasteiger charge is 2.34. The van der Waals surface area contributed by atoms with Gasteiger partial charge in [-0.2, -0.15) is 0 Å². The Bertz CT molecular complexity index is 396. The number of ether oxygens (including phenoxy) is 2. The lowest BCUT2D eigenvalue weighted by Crippen LogP contribution is -2.18. The molecule has 1 aliphatic rings. The lowest BCUT2D eigenvalue weighted by Gasteiger charge is -2.16. The molecule has 3 heteroatoms. The maximum atomic E-state index is 11.9. The minimum atomic E-state index is -0.120. The zero-order valence-corrected chi connectivity index (χ0v) is 11.7. The van der Waals surface area contributed by atoms with Gasteiger partial charge in [-0.25, -0.2) is 0 Å². The Hall–Kier alpha value is -1.35. The molecule has 2 atom stereocenters. The lowest BCUT2D eigenvalue weighted by molar-refractivity contribution is -0.146. The van der Waals surface area contributed by atoms with E-state index >= 15 is 0 Å². The van der Waals surface area contributed by atoms with E-state index in [9.17, 15) is 4.79 Å². The zero-order valence-electron chi connectivity index (χ0n) is 11.7. The summed E-state index contributed by atoms with van der Waals surface area (Å²) in [6.45, 7) is 5.50. The second kappa shape index (κ2) is 6.71. The smallest absolute Gasteiger partial charge is 0.306 e.